The highest BCUT2D eigenvalue weighted by Crippen LogP contribution is 2.09. The Morgan fingerprint density at radius 1 is 1.36 bits per heavy atom. The van der Waals surface area contributed by atoms with E-state index in [1.807, 2.05) is 12.1 Å². The summed E-state index contributed by atoms with van der Waals surface area (Å²) in [6, 6.07) is 8.64. The zero-order chi connectivity index (χ0) is 9.80. The quantitative estimate of drug-likeness (QED) is 0.795. The van der Waals surface area contributed by atoms with E-state index in [2.05, 4.69) is 22.8 Å². The highest BCUT2D eigenvalue weighted by atomic mass is 35.5. The minimum Gasteiger partial charge on any atom is -0.315 e. The number of hydrogen-bond donors (Lipinski definition) is 2. The average molecular weight is 211 g/mol. The monoisotopic (exact) mass is 210 g/mol. The van der Waals surface area contributed by atoms with Gasteiger partial charge in [0, 0.05) is 24.2 Å². The lowest BCUT2D eigenvalue weighted by Crippen LogP contribution is -2.30. The van der Waals surface area contributed by atoms with Gasteiger partial charge >= 0.3 is 0 Å². The number of nitrogens with one attached hydrogen (secondary N) is 2. The second-order valence-electron chi connectivity index (χ2n) is 3.70. The first-order chi connectivity index (χ1) is 6.84. The number of benzene rings is 1. The topological polar surface area (TPSA) is 24.1 Å². The third-order valence-electron chi connectivity index (χ3n) is 2.57. The molecule has 2 nitrogen and oxygen atoms in total. The minimum absolute atomic E-state index is 0.630. The Hall–Kier alpha value is -0.570. The maximum Gasteiger partial charge on any atom is 0.0406 e. The van der Waals surface area contributed by atoms with Gasteiger partial charge in [-0.2, -0.15) is 0 Å². The average Bonchev–Trinajstić information content (AvgIpc) is 2.70. The fraction of sp³-hybridized carbons (Fsp3) is 0.455. The van der Waals surface area contributed by atoms with Crippen LogP contribution in [0.4, 0.5) is 0 Å². The molecule has 2 rings (SSSR count). The molecule has 14 heavy (non-hydrogen) atoms. The fourth-order valence-corrected chi connectivity index (χ4v) is 1.82. The van der Waals surface area contributed by atoms with Crippen LogP contribution in [0.25, 0.3) is 0 Å². The van der Waals surface area contributed by atoms with E-state index in [0.717, 1.165) is 24.7 Å². The van der Waals surface area contributed by atoms with Gasteiger partial charge in [0.25, 0.3) is 0 Å². The maximum absolute atomic E-state index is 5.81. The van der Waals surface area contributed by atoms with Gasteiger partial charge in [-0.1, -0.05) is 23.7 Å². The minimum atomic E-state index is 0.630. The van der Waals surface area contributed by atoms with E-state index in [1.165, 1.54) is 12.0 Å². The van der Waals surface area contributed by atoms with Crippen molar-refractivity contribution in [1.82, 2.24) is 10.6 Å². The molecule has 1 fully saturated rings. The third kappa shape index (κ3) is 2.71. The molecule has 1 aromatic rings. The molecule has 0 spiro atoms. The van der Waals surface area contributed by atoms with E-state index in [9.17, 15) is 0 Å². The molecule has 0 amide bonds. The van der Waals surface area contributed by atoms with Crippen LogP contribution in [-0.4, -0.2) is 19.1 Å². The van der Waals surface area contributed by atoms with Gasteiger partial charge in [0.05, 0.1) is 0 Å². The Morgan fingerprint density at radius 3 is 2.79 bits per heavy atom. The van der Waals surface area contributed by atoms with Gasteiger partial charge in [0.2, 0.25) is 0 Å². The summed E-state index contributed by atoms with van der Waals surface area (Å²) in [4.78, 5) is 0. The van der Waals surface area contributed by atoms with E-state index < -0.39 is 0 Å². The van der Waals surface area contributed by atoms with Crippen molar-refractivity contribution in [2.75, 3.05) is 13.1 Å². The van der Waals surface area contributed by atoms with Crippen LogP contribution in [0.5, 0.6) is 0 Å². The Kier molecular flexibility index (Phi) is 3.40. The van der Waals surface area contributed by atoms with Crippen LogP contribution >= 0.6 is 11.6 Å². The molecule has 1 heterocycles. The first-order valence-corrected chi connectivity index (χ1v) is 5.41. The highest BCUT2D eigenvalue weighted by molar-refractivity contribution is 6.30. The summed E-state index contributed by atoms with van der Waals surface area (Å²) in [5, 5.41) is 7.65. The summed E-state index contributed by atoms with van der Waals surface area (Å²) >= 11 is 5.81. The van der Waals surface area contributed by atoms with Crippen molar-refractivity contribution in [1.29, 1.82) is 0 Å². The normalized spacial score (nSPS) is 21.4. The van der Waals surface area contributed by atoms with E-state index >= 15 is 0 Å². The fourth-order valence-electron chi connectivity index (χ4n) is 1.69. The second kappa shape index (κ2) is 4.78. The first-order valence-electron chi connectivity index (χ1n) is 5.03. The van der Waals surface area contributed by atoms with Crippen LogP contribution in [0.3, 0.4) is 0 Å². The summed E-state index contributed by atoms with van der Waals surface area (Å²) in [5.41, 5.74) is 1.29. The highest BCUT2D eigenvalue weighted by Gasteiger charge is 2.12. The van der Waals surface area contributed by atoms with E-state index in [1.54, 1.807) is 0 Å². The molecule has 76 valence electrons. The van der Waals surface area contributed by atoms with Crippen molar-refractivity contribution < 1.29 is 0 Å². The standard InChI is InChI=1S/C11H15ClN2/c12-10-3-1-9(2-4-10)7-14-11-5-6-13-8-11/h1-4,11,13-14H,5-8H2. The van der Waals surface area contributed by atoms with Gasteiger partial charge in [-0.05, 0) is 30.7 Å². The van der Waals surface area contributed by atoms with Gasteiger partial charge in [0.1, 0.15) is 0 Å². The zero-order valence-electron chi connectivity index (χ0n) is 8.09. The molecule has 2 N–H and O–H groups in total. The van der Waals surface area contributed by atoms with Crippen molar-refractivity contribution in [3.63, 3.8) is 0 Å². The third-order valence-corrected chi connectivity index (χ3v) is 2.82. The Morgan fingerprint density at radius 2 is 2.14 bits per heavy atom. The molecule has 1 aliphatic heterocycles. The summed E-state index contributed by atoms with van der Waals surface area (Å²) < 4.78 is 0. The molecule has 0 aliphatic carbocycles. The molecule has 1 saturated heterocycles. The summed E-state index contributed by atoms with van der Waals surface area (Å²) in [6.45, 7) is 3.16. The predicted molar refractivity (Wildman–Crippen MR) is 59.6 cm³/mol. The number of rotatable bonds is 3. The van der Waals surface area contributed by atoms with Crippen molar-refractivity contribution in [2.45, 2.75) is 19.0 Å². The molecule has 3 heteroatoms. The van der Waals surface area contributed by atoms with E-state index in [4.69, 9.17) is 11.6 Å². The zero-order valence-corrected chi connectivity index (χ0v) is 8.85. The maximum atomic E-state index is 5.81. The molecule has 1 unspecified atom stereocenters. The smallest absolute Gasteiger partial charge is 0.0406 e. The van der Waals surface area contributed by atoms with Crippen molar-refractivity contribution in [3.8, 4) is 0 Å². The summed E-state index contributed by atoms with van der Waals surface area (Å²) in [5.74, 6) is 0. The molecular formula is C11H15ClN2. The molecule has 1 aliphatic rings. The lowest BCUT2D eigenvalue weighted by atomic mass is 10.2. The molecule has 1 aromatic carbocycles. The number of hydrogen-bond acceptors (Lipinski definition) is 2. The summed E-state index contributed by atoms with van der Waals surface area (Å²) in [7, 11) is 0. The number of halogens is 1. The van der Waals surface area contributed by atoms with Crippen LogP contribution < -0.4 is 10.6 Å². The molecule has 0 radical (unpaired) electrons. The molecular weight excluding hydrogens is 196 g/mol. The second-order valence-corrected chi connectivity index (χ2v) is 4.13. The molecule has 1 atom stereocenters. The molecule has 0 bridgehead atoms. The Bertz CT molecular complexity index is 278. The summed E-state index contributed by atoms with van der Waals surface area (Å²) in [6.07, 6.45) is 1.23. The Labute approximate surface area is 89.7 Å². The van der Waals surface area contributed by atoms with Gasteiger partial charge in [-0.15, -0.1) is 0 Å². The van der Waals surface area contributed by atoms with Crippen LogP contribution in [0, 0.1) is 0 Å². The van der Waals surface area contributed by atoms with Gasteiger partial charge in [-0.3, -0.25) is 0 Å². The largest absolute Gasteiger partial charge is 0.315 e. The van der Waals surface area contributed by atoms with Gasteiger partial charge in [-0.25, -0.2) is 0 Å². The molecule has 0 aromatic heterocycles. The van der Waals surface area contributed by atoms with Gasteiger partial charge < -0.3 is 10.6 Å². The van der Waals surface area contributed by atoms with Gasteiger partial charge in [0.15, 0.2) is 0 Å². The molecule has 0 saturated carbocycles. The Balaban J connectivity index is 1.82. The van der Waals surface area contributed by atoms with E-state index in [-0.39, 0.29) is 0 Å². The predicted octanol–water partition coefficient (Wildman–Crippen LogP) is 1.79. The van der Waals surface area contributed by atoms with Crippen molar-refractivity contribution in [2.24, 2.45) is 0 Å². The van der Waals surface area contributed by atoms with Crippen molar-refractivity contribution in [3.05, 3.63) is 34.9 Å². The lowest BCUT2D eigenvalue weighted by Gasteiger charge is -2.10. The van der Waals surface area contributed by atoms with Crippen LogP contribution in [0.15, 0.2) is 24.3 Å². The van der Waals surface area contributed by atoms with Crippen LogP contribution in [0.2, 0.25) is 5.02 Å². The lowest BCUT2D eigenvalue weighted by molar-refractivity contribution is 0.547. The van der Waals surface area contributed by atoms with E-state index in [0.29, 0.717) is 6.04 Å². The van der Waals surface area contributed by atoms with Crippen LogP contribution in [-0.2, 0) is 6.54 Å². The first kappa shape index (κ1) is 9.97. The SMILES string of the molecule is Clc1ccc(CNC2CCNC2)cc1. The van der Waals surface area contributed by atoms with Crippen LogP contribution in [0.1, 0.15) is 12.0 Å². The van der Waals surface area contributed by atoms with Crippen molar-refractivity contribution >= 4 is 11.6 Å².